The van der Waals surface area contributed by atoms with Gasteiger partial charge < -0.3 is 10.1 Å². The number of halogens is 2. The Hall–Kier alpha value is -1.58. The van der Waals surface area contributed by atoms with Crippen LogP contribution in [0.5, 0.6) is 5.75 Å². The average Bonchev–Trinajstić information content (AvgIpc) is 2.44. The van der Waals surface area contributed by atoms with Crippen LogP contribution in [-0.2, 0) is 0 Å². The lowest BCUT2D eigenvalue weighted by Gasteiger charge is -2.19. The van der Waals surface area contributed by atoms with Crippen molar-refractivity contribution in [2.75, 3.05) is 13.7 Å². The second-order valence-corrected chi connectivity index (χ2v) is 4.80. The van der Waals surface area contributed by atoms with Gasteiger partial charge in [0.05, 0.1) is 12.6 Å². The fraction of sp³-hybridized carbons (Fsp3) is 0.250. The molecule has 0 saturated carbocycles. The van der Waals surface area contributed by atoms with E-state index in [4.69, 9.17) is 16.3 Å². The first-order valence-electron chi connectivity index (χ1n) is 6.50. The Bertz CT molecular complexity index is 588. The predicted octanol–water partition coefficient (Wildman–Crippen LogP) is 4.19. The van der Waals surface area contributed by atoms with Crippen LogP contribution in [0.25, 0.3) is 0 Å². The summed E-state index contributed by atoms with van der Waals surface area (Å²) in [6.07, 6.45) is 0. The molecule has 1 N–H and O–H groups in total. The van der Waals surface area contributed by atoms with Gasteiger partial charge in [0.2, 0.25) is 0 Å². The van der Waals surface area contributed by atoms with E-state index in [9.17, 15) is 4.39 Å². The third-order valence-corrected chi connectivity index (χ3v) is 3.40. The average molecular weight is 294 g/mol. The van der Waals surface area contributed by atoms with Crippen molar-refractivity contribution in [3.63, 3.8) is 0 Å². The summed E-state index contributed by atoms with van der Waals surface area (Å²) >= 11 is 6.18. The van der Waals surface area contributed by atoms with Crippen LogP contribution in [0.2, 0.25) is 5.02 Å². The number of benzene rings is 2. The van der Waals surface area contributed by atoms with Crippen molar-refractivity contribution in [2.24, 2.45) is 0 Å². The molecule has 2 aromatic carbocycles. The quantitative estimate of drug-likeness (QED) is 0.892. The second-order valence-electron chi connectivity index (χ2n) is 4.39. The van der Waals surface area contributed by atoms with Gasteiger partial charge in [0.1, 0.15) is 11.6 Å². The molecule has 0 radical (unpaired) electrons. The van der Waals surface area contributed by atoms with Crippen LogP contribution in [0.1, 0.15) is 24.1 Å². The highest BCUT2D eigenvalue weighted by atomic mass is 35.5. The molecule has 106 valence electrons. The SMILES string of the molecule is CCOc1cccc(C(NC)c2cc(F)ccc2Cl)c1. The largest absolute Gasteiger partial charge is 0.494 e. The fourth-order valence-electron chi connectivity index (χ4n) is 2.19. The van der Waals surface area contributed by atoms with Crippen molar-refractivity contribution < 1.29 is 9.13 Å². The Labute approximate surface area is 123 Å². The highest BCUT2D eigenvalue weighted by molar-refractivity contribution is 6.31. The molecule has 0 amide bonds. The zero-order valence-electron chi connectivity index (χ0n) is 11.5. The summed E-state index contributed by atoms with van der Waals surface area (Å²) in [5.41, 5.74) is 1.69. The van der Waals surface area contributed by atoms with E-state index in [1.54, 1.807) is 6.07 Å². The van der Waals surface area contributed by atoms with Crippen LogP contribution >= 0.6 is 11.6 Å². The van der Waals surface area contributed by atoms with Gasteiger partial charge in [-0.2, -0.15) is 0 Å². The van der Waals surface area contributed by atoms with Gasteiger partial charge in [0.25, 0.3) is 0 Å². The molecular formula is C16H17ClFNO. The molecule has 0 aliphatic heterocycles. The monoisotopic (exact) mass is 293 g/mol. The topological polar surface area (TPSA) is 21.3 Å². The maximum atomic E-state index is 13.4. The zero-order valence-corrected chi connectivity index (χ0v) is 12.2. The highest BCUT2D eigenvalue weighted by Gasteiger charge is 2.16. The molecule has 0 aliphatic carbocycles. The molecule has 1 unspecified atom stereocenters. The van der Waals surface area contributed by atoms with Crippen LogP contribution in [0.4, 0.5) is 4.39 Å². The van der Waals surface area contributed by atoms with Crippen molar-refractivity contribution in [3.8, 4) is 5.75 Å². The Morgan fingerprint density at radius 3 is 2.75 bits per heavy atom. The van der Waals surface area contributed by atoms with Crippen molar-refractivity contribution in [3.05, 3.63) is 64.4 Å². The fourth-order valence-corrected chi connectivity index (χ4v) is 2.41. The van der Waals surface area contributed by atoms with Crippen LogP contribution in [0.15, 0.2) is 42.5 Å². The van der Waals surface area contributed by atoms with Crippen LogP contribution in [0, 0.1) is 5.82 Å². The predicted molar refractivity (Wildman–Crippen MR) is 79.9 cm³/mol. The van der Waals surface area contributed by atoms with Crippen molar-refractivity contribution in [1.29, 1.82) is 0 Å². The van der Waals surface area contributed by atoms with Crippen LogP contribution < -0.4 is 10.1 Å². The Balaban J connectivity index is 2.41. The van der Waals surface area contributed by atoms with E-state index in [2.05, 4.69) is 5.32 Å². The van der Waals surface area contributed by atoms with E-state index >= 15 is 0 Å². The lowest BCUT2D eigenvalue weighted by Crippen LogP contribution is -2.18. The second kappa shape index (κ2) is 6.73. The summed E-state index contributed by atoms with van der Waals surface area (Å²) < 4.78 is 18.9. The van der Waals surface area contributed by atoms with E-state index in [1.165, 1.54) is 12.1 Å². The van der Waals surface area contributed by atoms with Gasteiger partial charge in [-0.1, -0.05) is 23.7 Å². The maximum absolute atomic E-state index is 13.4. The molecule has 2 nitrogen and oxygen atoms in total. The molecule has 4 heteroatoms. The van der Waals surface area contributed by atoms with Gasteiger partial charge in [-0.3, -0.25) is 0 Å². The molecule has 2 aromatic rings. The molecule has 1 atom stereocenters. The maximum Gasteiger partial charge on any atom is 0.123 e. The normalized spacial score (nSPS) is 12.2. The first-order chi connectivity index (χ1) is 9.65. The number of rotatable bonds is 5. The molecule has 0 fully saturated rings. The highest BCUT2D eigenvalue weighted by Crippen LogP contribution is 2.30. The summed E-state index contributed by atoms with van der Waals surface area (Å²) in [5, 5.41) is 3.70. The van der Waals surface area contributed by atoms with Gasteiger partial charge in [-0.15, -0.1) is 0 Å². The molecule has 0 aromatic heterocycles. The van der Waals surface area contributed by atoms with E-state index in [1.807, 2.05) is 38.2 Å². The Morgan fingerprint density at radius 1 is 1.25 bits per heavy atom. The van der Waals surface area contributed by atoms with E-state index < -0.39 is 0 Å². The minimum absolute atomic E-state index is 0.182. The van der Waals surface area contributed by atoms with Gasteiger partial charge in [0, 0.05) is 5.02 Å². The van der Waals surface area contributed by atoms with Gasteiger partial charge in [-0.25, -0.2) is 4.39 Å². The minimum atomic E-state index is -0.300. The van der Waals surface area contributed by atoms with Gasteiger partial charge >= 0.3 is 0 Å². The molecule has 0 saturated heterocycles. The molecule has 0 heterocycles. The molecule has 0 bridgehead atoms. The van der Waals surface area contributed by atoms with Crippen LogP contribution in [-0.4, -0.2) is 13.7 Å². The molecule has 0 spiro atoms. The summed E-state index contributed by atoms with van der Waals surface area (Å²) in [4.78, 5) is 0. The summed E-state index contributed by atoms with van der Waals surface area (Å²) in [6, 6.07) is 11.9. The standard InChI is InChI=1S/C16H17ClFNO/c1-3-20-13-6-4-5-11(9-13)16(19-2)14-10-12(18)7-8-15(14)17/h4-10,16,19H,3H2,1-2H3. The minimum Gasteiger partial charge on any atom is -0.494 e. The molecule has 0 aliphatic rings. The van der Waals surface area contributed by atoms with E-state index in [0.29, 0.717) is 17.2 Å². The summed E-state index contributed by atoms with van der Waals surface area (Å²) in [7, 11) is 1.82. The van der Waals surface area contributed by atoms with E-state index in [-0.39, 0.29) is 11.9 Å². The summed E-state index contributed by atoms with van der Waals surface area (Å²) in [5.74, 6) is 0.489. The smallest absolute Gasteiger partial charge is 0.123 e. The number of hydrogen-bond acceptors (Lipinski definition) is 2. The zero-order chi connectivity index (χ0) is 14.5. The van der Waals surface area contributed by atoms with Crippen LogP contribution in [0.3, 0.4) is 0 Å². The van der Waals surface area contributed by atoms with Gasteiger partial charge in [-0.05, 0) is 55.4 Å². The first kappa shape index (κ1) is 14.8. The first-order valence-corrected chi connectivity index (χ1v) is 6.88. The lowest BCUT2D eigenvalue weighted by molar-refractivity contribution is 0.339. The van der Waals surface area contributed by atoms with Gasteiger partial charge in [0.15, 0.2) is 0 Å². The van der Waals surface area contributed by atoms with E-state index in [0.717, 1.165) is 11.3 Å². The summed E-state index contributed by atoms with van der Waals surface area (Å²) in [6.45, 7) is 2.54. The Kier molecular flexibility index (Phi) is 4.99. The van der Waals surface area contributed by atoms with Crippen molar-refractivity contribution >= 4 is 11.6 Å². The molecule has 2 rings (SSSR count). The van der Waals surface area contributed by atoms with Crippen molar-refractivity contribution in [1.82, 2.24) is 5.32 Å². The lowest BCUT2D eigenvalue weighted by atomic mass is 9.98. The third-order valence-electron chi connectivity index (χ3n) is 3.06. The Morgan fingerprint density at radius 2 is 2.05 bits per heavy atom. The number of ether oxygens (including phenoxy) is 1. The molecular weight excluding hydrogens is 277 g/mol. The number of hydrogen-bond donors (Lipinski definition) is 1. The third kappa shape index (κ3) is 3.30. The number of nitrogens with one attached hydrogen (secondary N) is 1. The molecule has 20 heavy (non-hydrogen) atoms. The van der Waals surface area contributed by atoms with Crippen molar-refractivity contribution in [2.45, 2.75) is 13.0 Å².